The molecule has 0 saturated heterocycles. The Balaban J connectivity index is 2.26. The second-order valence-corrected chi connectivity index (χ2v) is 5.44. The molecule has 0 aromatic heterocycles. The number of rotatable bonds is 4. The SMILES string of the molecule is CCNc1c(F)cc(C(=O)Nc2ccccc2I)cc1F. The molecule has 2 N–H and O–H groups in total. The van der Waals surface area contributed by atoms with Crippen molar-refractivity contribution in [1.29, 1.82) is 0 Å². The number of amides is 1. The molecular weight excluding hydrogens is 389 g/mol. The molecule has 1 amide bonds. The first-order chi connectivity index (χ1) is 10.0. The van der Waals surface area contributed by atoms with E-state index in [0.29, 0.717) is 12.2 Å². The zero-order valence-corrected chi connectivity index (χ0v) is 13.4. The fraction of sp³-hybridized carbons (Fsp3) is 0.133. The van der Waals surface area contributed by atoms with Crippen LogP contribution in [0, 0.1) is 15.2 Å². The molecule has 110 valence electrons. The molecule has 6 heteroatoms. The maximum atomic E-state index is 13.8. The molecule has 0 spiro atoms. The number of para-hydroxylation sites is 1. The van der Waals surface area contributed by atoms with Crippen molar-refractivity contribution in [3.63, 3.8) is 0 Å². The Morgan fingerprint density at radius 1 is 1.19 bits per heavy atom. The van der Waals surface area contributed by atoms with E-state index in [1.165, 1.54) is 0 Å². The summed E-state index contributed by atoms with van der Waals surface area (Å²) < 4.78 is 28.4. The van der Waals surface area contributed by atoms with Crippen molar-refractivity contribution >= 4 is 39.9 Å². The standard InChI is InChI=1S/C15H13F2IN2O/c1-2-19-14-10(16)7-9(8-11(14)17)15(21)20-13-6-4-3-5-12(13)18/h3-8,19H,2H2,1H3,(H,20,21). The average molecular weight is 402 g/mol. The van der Waals surface area contributed by atoms with Gasteiger partial charge >= 0.3 is 0 Å². The number of carbonyl (C=O) groups excluding carboxylic acids is 1. The number of carbonyl (C=O) groups is 1. The normalized spacial score (nSPS) is 10.3. The van der Waals surface area contributed by atoms with E-state index >= 15 is 0 Å². The molecule has 2 aromatic rings. The van der Waals surface area contributed by atoms with Gasteiger partial charge in [-0.1, -0.05) is 12.1 Å². The van der Waals surface area contributed by atoms with Crippen LogP contribution in [0.5, 0.6) is 0 Å². The predicted octanol–water partition coefficient (Wildman–Crippen LogP) is 4.25. The lowest BCUT2D eigenvalue weighted by molar-refractivity contribution is 0.102. The minimum absolute atomic E-state index is 0.0636. The largest absolute Gasteiger partial charge is 0.381 e. The van der Waals surface area contributed by atoms with E-state index in [9.17, 15) is 13.6 Å². The molecule has 0 heterocycles. The predicted molar refractivity (Wildman–Crippen MR) is 87.6 cm³/mol. The van der Waals surface area contributed by atoms with Crippen LogP contribution in [0.25, 0.3) is 0 Å². The lowest BCUT2D eigenvalue weighted by Gasteiger charge is -2.10. The Morgan fingerprint density at radius 2 is 1.81 bits per heavy atom. The molecule has 0 fully saturated rings. The number of nitrogens with one attached hydrogen (secondary N) is 2. The van der Waals surface area contributed by atoms with Crippen molar-refractivity contribution in [1.82, 2.24) is 0 Å². The smallest absolute Gasteiger partial charge is 0.255 e. The van der Waals surface area contributed by atoms with Crippen molar-refractivity contribution in [3.8, 4) is 0 Å². The summed E-state index contributed by atoms with van der Waals surface area (Å²) in [5.74, 6) is -2.13. The number of hydrogen-bond donors (Lipinski definition) is 2. The van der Waals surface area contributed by atoms with Crippen molar-refractivity contribution in [3.05, 3.63) is 57.2 Å². The number of benzene rings is 2. The highest BCUT2D eigenvalue weighted by Crippen LogP contribution is 2.22. The van der Waals surface area contributed by atoms with Crippen LogP contribution in [0.3, 0.4) is 0 Å². The highest BCUT2D eigenvalue weighted by Gasteiger charge is 2.15. The van der Waals surface area contributed by atoms with E-state index in [0.717, 1.165) is 15.7 Å². The number of anilines is 2. The van der Waals surface area contributed by atoms with Crippen molar-refractivity contribution < 1.29 is 13.6 Å². The topological polar surface area (TPSA) is 41.1 Å². The van der Waals surface area contributed by atoms with E-state index in [1.807, 2.05) is 12.1 Å². The van der Waals surface area contributed by atoms with Crippen molar-refractivity contribution in [2.75, 3.05) is 17.2 Å². The first-order valence-corrected chi connectivity index (χ1v) is 7.39. The number of halogens is 3. The lowest BCUT2D eigenvalue weighted by atomic mass is 10.1. The van der Waals surface area contributed by atoms with Gasteiger partial charge in [-0.05, 0) is 53.8 Å². The van der Waals surface area contributed by atoms with Gasteiger partial charge in [0, 0.05) is 15.7 Å². The molecular formula is C15H13F2IN2O. The highest BCUT2D eigenvalue weighted by molar-refractivity contribution is 14.1. The Hall–Kier alpha value is -1.70. The Bertz CT molecular complexity index is 653. The molecule has 0 aliphatic heterocycles. The molecule has 0 saturated carbocycles. The van der Waals surface area contributed by atoms with E-state index in [1.54, 1.807) is 19.1 Å². The fourth-order valence-electron chi connectivity index (χ4n) is 1.81. The minimum Gasteiger partial charge on any atom is -0.381 e. The third kappa shape index (κ3) is 3.69. The van der Waals surface area contributed by atoms with Gasteiger partial charge in [-0.2, -0.15) is 0 Å². The minimum atomic E-state index is -0.787. The van der Waals surface area contributed by atoms with Gasteiger partial charge in [0.25, 0.3) is 5.91 Å². The Labute approximate surface area is 134 Å². The van der Waals surface area contributed by atoms with Crippen LogP contribution in [0.15, 0.2) is 36.4 Å². The van der Waals surface area contributed by atoms with Crippen molar-refractivity contribution in [2.24, 2.45) is 0 Å². The van der Waals surface area contributed by atoms with E-state index in [4.69, 9.17) is 0 Å². The zero-order valence-electron chi connectivity index (χ0n) is 11.2. The summed E-state index contributed by atoms with van der Waals surface area (Å²) in [7, 11) is 0. The van der Waals surface area contributed by atoms with Crippen LogP contribution < -0.4 is 10.6 Å². The Morgan fingerprint density at radius 3 is 2.38 bits per heavy atom. The Kier molecular flexibility index (Phi) is 5.11. The van der Waals surface area contributed by atoms with Gasteiger partial charge in [-0.3, -0.25) is 4.79 Å². The first-order valence-electron chi connectivity index (χ1n) is 6.31. The molecule has 21 heavy (non-hydrogen) atoms. The molecule has 2 rings (SSSR count). The molecule has 0 aliphatic carbocycles. The quantitative estimate of drug-likeness (QED) is 0.751. The summed E-state index contributed by atoms with van der Waals surface area (Å²) in [6, 6.07) is 9.19. The molecule has 2 aromatic carbocycles. The van der Waals surface area contributed by atoms with E-state index in [-0.39, 0.29) is 11.3 Å². The summed E-state index contributed by atoms with van der Waals surface area (Å²) in [6.07, 6.45) is 0. The number of hydrogen-bond acceptors (Lipinski definition) is 2. The van der Waals surface area contributed by atoms with Gasteiger partial charge in [-0.25, -0.2) is 8.78 Å². The van der Waals surface area contributed by atoms with Gasteiger partial charge in [-0.15, -0.1) is 0 Å². The molecule has 0 aliphatic rings. The van der Waals surface area contributed by atoms with Crippen LogP contribution >= 0.6 is 22.6 Å². The third-order valence-electron chi connectivity index (χ3n) is 2.78. The van der Waals surface area contributed by atoms with E-state index < -0.39 is 17.5 Å². The third-order valence-corrected chi connectivity index (χ3v) is 3.72. The van der Waals surface area contributed by atoms with Crippen LogP contribution in [0.4, 0.5) is 20.2 Å². The van der Waals surface area contributed by atoms with Gasteiger partial charge in [0.2, 0.25) is 0 Å². The van der Waals surface area contributed by atoms with Gasteiger partial charge in [0.15, 0.2) is 0 Å². The summed E-state index contributed by atoms with van der Waals surface area (Å²) in [6.45, 7) is 2.12. The molecule has 3 nitrogen and oxygen atoms in total. The molecule has 0 atom stereocenters. The van der Waals surface area contributed by atoms with Gasteiger partial charge in [0.05, 0.1) is 5.69 Å². The zero-order chi connectivity index (χ0) is 15.4. The highest BCUT2D eigenvalue weighted by atomic mass is 127. The van der Waals surface area contributed by atoms with E-state index in [2.05, 4.69) is 33.2 Å². The summed E-state index contributed by atoms with van der Waals surface area (Å²) in [4.78, 5) is 12.1. The maximum absolute atomic E-state index is 13.8. The second-order valence-electron chi connectivity index (χ2n) is 4.28. The molecule has 0 radical (unpaired) electrons. The summed E-state index contributed by atoms with van der Waals surface area (Å²) in [5.41, 5.74) is 0.314. The summed E-state index contributed by atoms with van der Waals surface area (Å²) >= 11 is 2.07. The average Bonchev–Trinajstić information content (AvgIpc) is 2.45. The first kappa shape index (κ1) is 15.7. The lowest BCUT2D eigenvalue weighted by Crippen LogP contribution is -2.14. The van der Waals surface area contributed by atoms with Gasteiger partial charge < -0.3 is 10.6 Å². The van der Waals surface area contributed by atoms with Crippen molar-refractivity contribution in [2.45, 2.75) is 6.92 Å². The maximum Gasteiger partial charge on any atom is 0.255 e. The molecule has 0 unspecified atom stereocenters. The monoisotopic (exact) mass is 402 g/mol. The summed E-state index contributed by atoms with van der Waals surface area (Å²) in [5, 5.41) is 5.22. The van der Waals surface area contributed by atoms with Crippen LogP contribution in [-0.2, 0) is 0 Å². The molecule has 0 bridgehead atoms. The van der Waals surface area contributed by atoms with Crippen LogP contribution in [0.2, 0.25) is 0 Å². The van der Waals surface area contributed by atoms with Crippen LogP contribution in [0.1, 0.15) is 17.3 Å². The van der Waals surface area contributed by atoms with Gasteiger partial charge in [0.1, 0.15) is 17.3 Å². The fourth-order valence-corrected chi connectivity index (χ4v) is 2.33. The second kappa shape index (κ2) is 6.84. The van der Waals surface area contributed by atoms with Crippen LogP contribution in [-0.4, -0.2) is 12.5 Å².